The maximum Gasteiger partial charge on any atom is 0.573 e. The van der Waals surface area contributed by atoms with Crippen molar-refractivity contribution in [1.82, 2.24) is 0 Å². The van der Waals surface area contributed by atoms with Gasteiger partial charge < -0.3 is 19.7 Å². The van der Waals surface area contributed by atoms with Crippen LogP contribution in [0.5, 0.6) is 23.0 Å². The summed E-state index contributed by atoms with van der Waals surface area (Å²) in [6.07, 6.45) is -5.82. The highest BCUT2D eigenvalue weighted by Gasteiger charge is 2.33. The number of carbonyl (C=O) groups excluding carboxylic acids is 2. The molecule has 0 spiro atoms. The fraction of sp³-hybridized carbons (Fsp3) is 0.217. The van der Waals surface area contributed by atoms with Crippen molar-refractivity contribution in [3.05, 3.63) is 59.7 Å². The van der Waals surface area contributed by atoms with Crippen LogP contribution >= 0.6 is 0 Å². The zero-order chi connectivity index (χ0) is 26.4. The van der Waals surface area contributed by atoms with Gasteiger partial charge in [-0.1, -0.05) is 31.2 Å². The average molecular weight is 504 g/mol. The largest absolute Gasteiger partial charge is 0.573 e. The minimum Gasteiger partial charge on any atom is -0.504 e. The predicted molar refractivity (Wildman–Crippen MR) is 111 cm³/mol. The molecular formula is C23H18F6O6. The van der Waals surface area contributed by atoms with E-state index in [-0.39, 0.29) is 17.5 Å². The molecule has 6 nitrogen and oxygen atoms in total. The number of alkyl halides is 6. The molecule has 35 heavy (non-hydrogen) atoms. The number of ether oxygens (including phenoxy) is 2. The van der Waals surface area contributed by atoms with Crippen LogP contribution in [-0.2, 0) is 9.59 Å². The quantitative estimate of drug-likeness (QED) is 0.255. The molecule has 0 heterocycles. The van der Waals surface area contributed by atoms with Crippen LogP contribution in [-0.4, -0.2) is 34.5 Å². The molecule has 0 radical (unpaired) electrons. The van der Waals surface area contributed by atoms with E-state index in [9.17, 15) is 46.1 Å². The minimum atomic E-state index is -5.04. The molecule has 0 aliphatic carbocycles. The van der Waals surface area contributed by atoms with Gasteiger partial charge in [-0.2, -0.15) is 0 Å². The van der Waals surface area contributed by atoms with E-state index in [0.717, 1.165) is 48.6 Å². The molecule has 2 N–H and O–H groups in total. The maximum atomic E-state index is 12.5. The van der Waals surface area contributed by atoms with E-state index in [1.165, 1.54) is 19.1 Å². The summed E-state index contributed by atoms with van der Waals surface area (Å²) < 4.78 is 81.8. The van der Waals surface area contributed by atoms with Crippen molar-refractivity contribution in [2.75, 3.05) is 0 Å². The van der Waals surface area contributed by atoms with Crippen LogP contribution in [0.25, 0.3) is 12.2 Å². The van der Waals surface area contributed by atoms with Crippen molar-refractivity contribution in [2.24, 2.45) is 5.92 Å². The van der Waals surface area contributed by atoms with E-state index in [1.54, 1.807) is 0 Å². The third-order valence-electron chi connectivity index (χ3n) is 4.39. The number of hydrogen-bond donors (Lipinski definition) is 2. The van der Waals surface area contributed by atoms with E-state index in [1.807, 2.05) is 0 Å². The van der Waals surface area contributed by atoms with Gasteiger partial charge in [0.15, 0.2) is 34.6 Å². The van der Waals surface area contributed by atoms with Crippen molar-refractivity contribution in [3.8, 4) is 23.0 Å². The van der Waals surface area contributed by atoms with Crippen LogP contribution in [0.2, 0.25) is 0 Å². The van der Waals surface area contributed by atoms with Gasteiger partial charge in [-0.05, 0) is 54.0 Å². The van der Waals surface area contributed by atoms with Gasteiger partial charge in [0.05, 0.1) is 5.92 Å². The standard InChI is InChI=1S/C23H18F6O6/c1-2-15(16(30)7-3-13-5-9-18(32)20(11-13)34-22(24,25)26)17(31)8-4-14-6-10-19(33)21(12-14)35-23(27,28)29/h3-12,15,32-33H,2H2,1H3/b7-3+,8-4+. The number of hydrogen-bond acceptors (Lipinski definition) is 6. The fourth-order valence-electron chi connectivity index (χ4n) is 2.81. The lowest BCUT2D eigenvalue weighted by molar-refractivity contribution is -0.276. The number of benzene rings is 2. The lowest BCUT2D eigenvalue weighted by Crippen LogP contribution is -2.20. The van der Waals surface area contributed by atoms with Gasteiger partial charge in [0.2, 0.25) is 0 Å². The molecule has 0 aliphatic heterocycles. The number of halogens is 6. The van der Waals surface area contributed by atoms with Gasteiger partial charge in [-0.15, -0.1) is 26.3 Å². The molecule has 2 aromatic rings. The van der Waals surface area contributed by atoms with Crippen molar-refractivity contribution in [3.63, 3.8) is 0 Å². The number of allylic oxidation sites excluding steroid dienone is 2. The first-order valence-electron chi connectivity index (χ1n) is 9.80. The molecule has 0 saturated carbocycles. The zero-order valence-electron chi connectivity index (χ0n) is 17.9. The maximum absolute atomic E-state index is 12.5. The molecule has 0 amide bonds. The predicted octanol–water partition coefficient (Wildman–Crippen LogP) is 5.79. The molecule has 2 aromatic carbocycles. The van der Waals surface area contributed by atoms with E-state index in [4.69, 9.17) is 0 Å². The number of rotatable bonds is 9. The van der Waals surface area contributed by atoms with E-state index < -0.39 is 53.2 Å². The summed E-state index contributed by atoms with van der Waals surface area (Å²) in [5.74, 6) is -5.82. The van der Waals surface area contributed by atoms with Crippen molar-refractivity contribution in [2.45, 2.75) is 26.1 Å². The Morgan fingerprint density at radius 1 is 0.800 bits per heavy atom. The monoisotopic (exact) mass is 504 g/mol. The normalized spacial score (nSPS) is 12.5. The molecule has 12 heteroatoms. The molecule has 188 valence electrons. The second-order valence-corrected chi connectivity index (χ2v) is 6.98. The number of aromatic hydroxyl groups is 2. The molecule has 0 bridgehead atoms. The Morgan fingerprint density at radius 3 is 1.49 bits per heavy atom. The Hall–Kier alpha value is -3.96. The van der Waals surface area contributed by atoms with Crippen LogP contribution < -0.4 is 9.47 Å². The highest BCUT2D eigenvalue weighted by molar-refractivity contribution is 6.13. The number of carbonyl (C=O) groups is 2. The molecule has 0 atom stereocenters. The van der Waals surface area contributed by atoms with Crippen LogP contribution in [0.15, 0.2) is 48.6 Å². The Kier molecular flexibility index (Phi) is 8.56. The lowest BCUT2D eigenvalue weighted by atomic mass is 9.94. The zero-order valence-corrected chi connectivity index (χ0v) is 17.9. The first-order chi connectivity index (χ1) is 16.2. The summed E-state index contributed by atoms with van der Waals surface area (Å²) in [5, 5.41) is 18.9. The first-order valence-corrected chi connectivity index (χ1v) is 9.80. The summed E-state index contributed by atoms with van der Waals surface area (Å²) in [6, 6.07) is 6.00. The second kappa shape index (κ2) is 11.0. The summed E-state index contributed by atoms with van der Waals surface area (Å²) in [6.45, 7) is 1.54. The summed E-state index contributed by atoms with van der Waals surface area (Å²) in [7, 11) is 0. The number of ketones is 2. The number of phenolic OH excluding ortho intramolecular Hbond substituents is 2. The van der Waals surface area contributed by atoms with Crippen LogP contribution in [0.3, 0.4) is 0 Å². The highest BCUT2D eigenvalue weighted by atomic mass is 19.4. The van der Waals surface area contributed by atoms with E-state index >= 15 is 0 Å². The van der Waals surface area contributed by atoms with Crippen LogP contribution in [0.1, 0.15) is 24.5 Å². The van der Waals surface area contributed by atoms with Gasteiger partial charge in [0, 0.05) is 0 Å². The van der Waals surface area contributed by atoms with Crippen molar-refractivity contribution < 1.29 is 55.6 Å². The van der Waals surface area contributed by atoms with E-state index in [0.29, 0.717) is 0 Å². The van der Waals surface area contributed by atoms with Gasteiger partial charge in [0.25, 0.3) is 0 Å². The highest BCUT2D eigenvalue weighted by Crippen LogP contribution is 2.33. The molecule has 0 aliphatic rings. The third kappa shape index (κ3) is 8.72. The Balaban J connectivity index is 2.14. The Bertz CT molecular complexity index is 1050. The summed E-state index contributed by atoms with van der Waals surface area (Å²) in [5.41, 5.74) is 0.157. The number of phenols is 2. The van der Waals surface area contributed by atoms with Gasteiger partial charge >= 0.3 is 12.7 Å². The molecular weight excluding hydrogens is 486 g/mol. The van der Waals surface area contributed by atoms with Gasteiger partial charge in [0.1, 0.15) is 0 Å². The fourth-order valence-corrected chi connectivity index (χ4v) is 2.81. The van der Waals surface area contributed by atoms with Crippen LogP contribution in [0, 0.1) is 5.92 Å². The van der Waals surface area contributed by atoms with Gasteiger partial charge in [-0.3, -0.25) is 9.59 Å². The van der Waals surface area contributed by atoms with E-state index in [2.05, 4.69) is 9.47 Å². The summed E-state index contributed by atoms with van der Waals surface area (Å²) in [4.78, 5) is 24.9. The van der Waals surface area contributed by atoms with Crippen LogP contribution in [0.4, 0.5) is 26.3 Å². The Labute approximate surface area is 194 Å². The Morgan fingerprint density at radius 2 is 1.17 bits per heavy atom. The van der Waals surface area contributed by atoms with Crippen molar-refractivity contribution >= 4 is 23.7 Å². The van der Waals surface area contributed by atoms with Crippen molar-refractivity contribution in [1.29, 1.82) is 0 Å². The summed E-state index contributed by atoms with van der Waals surface area (Å²) >= 11 is 0. The molecule has 2 rings (SSSR count). The van der Waals surface area contributed by atoms with Gasteiger partial charge in [-0.25, -0.2) is 0 Å². The smallest absolute Gasteiger partial charge is 0.504 e. The third-order valence-corrected chi connectivity index (χ3v) is 4.39. The molecule has 0 fully saturated rings. The topological polar surface area (TPSA) is 93.1 Å². The minimum absolute atomic E-state index is 0.0579. The molecule has 0 unspecified atom stereocenters. The SMILES string of the molecule is CCC(C(=O)/C=C/c1ccc(O)c(OC(F)(F)F)c1)C(=O)/C=C/c1ccc(O)c(OC(F)(F)F)c1. The molecule has 0 saturated heterocycles. The first kappa shape index (κ1) is 27.3. The second-order valence-electron chi connectivity index (χ2n) is 6.98. The average Bonchev–Trinajstić information content (AvgIpc) is 2.73. The molecule has 0 aromatic heterocycles. The lowest BCUT2D eigenvalue weighted by Gasteiger charge is -2.11.